The molecular formula is C17H33KO2S. The molecule has 0 saturated carbocycles. The van der Waals surface area contributed by atoms with Gasteiger partial charge in [0.25, 0.3) is 0 Å². The van der Waals surface area contributed by atoms with Gasteiger partial charge in [0.1, 0.15) is 0 Å². The second-order valence-corrected chi connectivity index (χ2v) is 6.24. The summed E-state index contributed by atoms with van der Waals surface area (Å²) < 4.78 is 0. The van der Waals surface area contributed by atoms with Crippen LogP contribution in [0.25, 0.3) is 0 Å². The zero-order valence-corrected chi connectivity index (χ0v) is 18.1. The van der Waals surface area contributed by atoms with Crippen LogP contribution in [0, 0.1) is 0 Å². The first kappa shape index (κ1) is 24.7. The fourth-order valence-electron chi connectivity index (χ4n) is 2.50. The molecule has 0 spiro atoms. The summed E-state index contributed by atoms with van der Waals surface area (Å²) in [6.07, 6.45) is 18.1. The number of carbonyl (C=O) groups excluding carboxylic acids is 1. The minimum absolute atomic E-state index is 0. The quantitative estimate of drug-likeness (QED) is 0.263. The predicted molar refractivity (Wildman–Crippen MR) is 88.1 cm³/mol. The van der Waals surface area contributed by atoms with Crippen molar-refractivity contribution >= 4 is 18.6 Å². The van der Waals surface area contributed by atoms with Crippen molar-refractivity contribution in [3.63, 3.8) is 0 Å². The molecule has 0 aromatic carbocycles. The first-order valence-corrected chi connectivity index (χ1v) is 9.21. The first-order valence-electron chi connectivity index (χ1n) is 8.58. The first-order chi connectivity index (χ1) is 9.77. The Morgan fingerprint density at radius 1 is 0.619 bits per heavy atom. The molecule has 0 aliphatic rings. The van der Waals surface area contributed by atoms with E-state index in [9.17, 15) is 9.90 Å². The normalized spacial score (nSPS) is 10.3. The van der Waals surface area contributed by atoms with Gasteiger partial charge in [0, 0.05) is 5.97 Å². The molecule has 0 aromatic heterocycles. The molecule has 0 saturated heterocycles. The summed E-state index contributed by atoms with van der Waals surface area (Å²) in [5, 5.41) is 10.2. The van der Waals surface area contributed by atoms with Crippen molar-refractivity contribution < 1.29 is 61.3 Å². The largest absolute Gasteiger partial charge is 1.00 e. The molecule has 0 unspecified atom stereocenters. The van der Waals surface area contributed by atoms with Crippen molar-refractivity contribution in [3.8, 4) is 0 Å². The Hall–Kier alpha value is 1.46. The van der Waals surface area contributed by atoms with Gasteiger partial charge >= 0.3 is 51.4 Å². The molecule has 0 aliphatic carbocycles. The fourth-order valence-corrected chi connectivity index (χ4v) is 2.73. The number of carboxylic acid groups (broad SMARTS) is 1. The molecule has 120 valence electrons. The average molecular weight is 341 g/mol. The Labute approximate surface area is 180 Å². The zero-order chi connectivity index (χ0) is 14.9. The van der Waals surface area contributed by atoms with Crippen LogP contribution in [0.3, 0.4) is 0 Å². The Morgan fingerprint density at radius 3 is 1.19 bits per heavy atom. The van der Waals surface area contributed by atoms with Crippen molar-refractivity contribution in [1.82, 2.24) is 0 Å². The molecule has 0 aliphatic heterocycles. The van der Waals surface area contributed by atoms with Crippen LogP contribution < -0.4 is 56.5 Å². The van der Waals surface area contributed by atoms with E-state index >= 15 is 0 Å². The molecule has 0 aromatic rings. The molecule has 0 N–H and O–H groups in total. The van der Waals surface area contributed by atoms with E-state index in [-0.39, 0.29) is 57.8 Å². The predicted octanol–water partition coefficient (Wildman–Crippen LogP) is 1.52. The fraction of sp³-hybridized carbons (Fsp3) is 0.941. The van der Waals surface area contributed by atoms with E-state index in [1.165, 1.54) is 77.0 Å². The van der Waals surface area contributed by atoms with Crippen LogP contribution in [0.15, 0.2) is 0 Å². The summed E-state index contributed by atoms with van der Waals surface area (Å²) in [5.74, 6) is 0.128. The van der Waals surface area contributed by atoms with Crippen LogP contribution in [-0.2, 0) is 4.79 Å². The number of hydrogen-bond acceptors (Lipinski definition) is 3. The van der Waals surface area contributed by atoms with Crippen LogP contribution in [0.5, 0.6) is 0 Å². The van der Waals surface area contributed by atoms with Gasteiger partial charge in [-0.15, -0.1) is 0 Å². The summed E-state index contributed by atoms with van der Waals surface area (Å²) in [5.41, 5.74) is 0. The molecule has 4 heteroatoms. The van der Waals surface area contributed by atoms with E-state index < -0.39 is 5.97 Å². The molecule has 0 rings (SSSR count). The number of thiol groups is 1. The van der Waals surface area contributed by atoms with Gasteiger partial charge in [-0.1, -0.05) is 77.0 Å². The Kier molecular flexibility index (Phi) is 25.2. The SMILES string of the molecule is O=C([O-])CCCCCCCCCCCCCCCCS.[K+]. The monoisotopic (exact) mass is 340 g/mol. The van der Waals surface area contributed by atoms with Gasteiger partial charge in [0.2, 0.25) is 0 Å². The van der Waals surface area contributed by atoms with E-state index in [1.54, 1.807) is 0 Å². The maximum atomic E-state index is 10.2. The third-order valence-corrected chi connectivity index (χ3v) is 4.11. The van der Waals surface area contributed by atoms with Gasteiger partial charge in [0.15, 0.2) is 0 Å². The summed E-state index contributed by atoms with van der Waals surface area (Å²) in [4.78, 5) is 10.2. The molecule has 2 nitrogen and oxygen atoms in total. The number of hydrogen-bond donors (Lipinski definition) is 1. The molecule has 21 heavy (non-hydrogen) atoms. The van der Waals surface area contributed by atoms with Crippen LogP contribution in [-0.4, -0.2) is 11.7 Å². The summed E-state index contributed by atoms with van der Waals surface area (Å²) in [6.45, 7) is 0. The summed E-state index contributed by atoms with van der Waals surface area (Å²) >= 11 is 4.22. The van der Waals surface area contributed by atoms with Gasteiger partial charge in [-0.2, -0.15) is 12.6 Å². The number of carbonyl (C=O) groups is 1. The van der Waals surface area contributed by atoms with Crippen LogP contribution in [0.2, 0.25) is 0 Å². The molecule has 0 bridgehead atoms. The van der Waals surface area contributed by atoms with Crippen molar-refractivity contribution in [2.24, 2.45) is 0 Å². The van der Waals surface area contributed by atoms with E-state index in [0.29, 0.717) is 0 Å². The number of unbranched alkanes of at least 4 members (excludes halogenated alkanes) is 13. The zero-order valence-electron chi connectivity index (χ0n) is 14.1. The second-order valence-electron chi connectivity index (χ2n) is 5.80. The van der Waals surface area contributed by atoms with E-state index in [4.69, 9.17) is 0 Å². The van der Waals surface area contributed by atoms with Gasteiger partial charge < -0.3 is 9.90 Å². The van der Waals surface area contributed by atoms with E-state index in [0.717, 1.165) is 18.6 Å². The Morgan fingerprint density at radius 2 is 0.905 bits per heavy atom. The van der Waals surface area contributed by atoms with Gasteiger partial charge in [-0.05, 0) is 25.0 Å². The van der Waals surface area contributed by atoms with Gasteiger partial charge in [0.05, 0.1) is 0 Å². The minimum atomic E-state index is -0.907. The van der Waals surface area contributed by atoms with Crippen molar-refractivity contribution in [3.05, 3.63) is 0 Å². The number of carboxylic acids is 1. The molecule has 0 heterocycles. The van der Waals surface area contributed by atoms with Gasteiger partial charge in [-0.25, -0.2) is 0 Å². The van der Waals surface area contributed by atoms with Crippen molar-refractivity contribution in [1.29, 1.82) is 0 Å². The van der Waals surface area contributed by atoms with Gasteiger partial charge in [-0.3, -0.25) is 0 Å². The molecule has 0 atom stereocenters. The standard InChI is InChI=1S/C17H34O2S.K/c18-17(19)15-13-11-9-7-5-3-1-2-4-6-8-10-12-14-16-20;/h20H,1-16H2,(H,18,19);/q;+1/p-1. The van der Waals surface area contributed by atoms with Crippen molar-refractivity contribution in [2.75, 3.05) is 5.75 Å². The summed E-state index contributed by atoms with van der Waals surface area (Å²) in [6, 6.07) is 0. The summed E-state index contributed by atoms with van der Waals surface area (Å²) in [7, 11) is 0. The maximum absolute atomic E-state index is 10.2. The second kappa shape index (κ2) is 21.5. The maximum Gasteiger partial charge on any atom is 1.00 e. The molecule has 0 fully saturated rings. The smallest absolute Gasteiger partial charge is 0.550 e. The Bertz CT molecular complexity index is 213. The topological polar surface area (TPSA) is 40.1 Å². The average Bonchev–Trinajstić information content (AvgIpc) is 2.43. The van der Waals surface area contributed by atoms with E-state index in [2.05, 4.69) is 12.6 Å². The third-order valence-electron chi connectivity index (χ3n) is 3.79. The van der Waals surface area contributed by atoms with Crippen molar-refractivity contribution in [2.45, 2.75) is 96.3 Å². The van der Waals surface area contributed by atoms with Crippen LogP contribution in [0.4, 0.5) is 0 Å². The van der Waals surface area contributed by atoms with E-state index in [1.807, 2.05) is 0 Å². The molecule has 0 amide bonds. The number of rotatable bonds is 16. The molecular weight excluding hydrogens is 307 g/mol. The van der Waals surface area contributed by atoms with Crippen LogP contribution in [0.1, 0.15) is 96.3 Å². The number of aliphatic carboxylic acids is 1. The Balaban J connectivity index is 0. The molecule has 0 radical (unpaired) electrons. The van der Waals surface area contributed by atoms with Crippen LogP contribution >= 0.6 is 12.6 Å². The third kappa shape index (κ3) is 23.8. The minimum Gasteiger partial charge on any atom is -0.550 e.